The lowest BCUT2D eigenvalue weighted by Gasteiger charge is -2.22. The van der Waals surface area contributed by atoms with Crippen LogP contribution in [-0.2, 0) is 21.7 Å². The summed E-state index contributed by atoms with van der Waals surface area (Å²) in [6.45, 7) is 0.798. The number of urea groups is 1. The number of hydrogen-bond donors (Lipinski definition) is 3. The van der Waals surface area contributed by atoms with Gasteiger partial charge < -0.3 is 10.4 Å². The van der Waals surface area contributed by atoms with Crippen molar-refractivity contribution in [1.29, 1.82) is 0 Å². The number of carboxylic acid groups (broad SMARTS) is 1. The lowest BCUT2D eigenvalue weighted by Crippen LogP contribution is -2.49. The SMILES string of the molecule is CC1(c2ccccc2)NC(=O)N(NC(=O)Cn2nc(C(=O)O)c3ccccc3c2=O)C1=O. The highest BCUT2D eigenvalue weighted by Gasteiger charge is 2.50. The highest BCUT2D eigenvalue weighted by molar-refractivity contribution is 6.08. The second-order valence-corrected chi connectivity index (χ2v) is 7.26. The maximum absolute atomic E-state index is 12.9. The Morgan fingerprint density at radius 3 is 2.31 bits per heavy atom. The van der Waals surface area contributed by atoms with Gasteiger partial charge in [-0.15, -0.1) is 0 Å². The first kappa shape index (κ1) is 20.7. The Balaban J connectivity index is 1.60. The van der Waals surface area contributed by atoms with Crippen LogP contribution in [0, 0.1) is 0 Å². The van der Waals surface area contributed by atoms with Gasteiger partial charge in [0.2, 0.25) is 0 Å². The summed E-state index contributed by atoms with van der Waals surface area (Å²) in [4.78, 5) is 62.0. The van der Waals surface area contributed by atoms with E-state index >= 15 is 0 Å². The van der Waals surface area contributed by atoms with Crippen LogP contribution in [0.3, 0.4) is 0 Å². The Kier molecular flexibility index (Phi) is 4.93. The Morgan fingerprint density at radius 1 is 1.03 bits per heavy atom. The van der Waals surface area contributed by atoms with Crippen LogP contribution in [0.5, 0.6) is 0 Å². The summed E-state index contributed by atoms with van der Waals surface area (Å²) < 4.78 is 0.677. The van der Waals surface area contributed by atoms with E-state index in [1.165, 1.54) is 19.1 Å². The van der Waals surface area contributed by atoms with Crippen molar-refractivity contribution in [3.8, 4) is 0 Å². The van der Waals surface area contributed by atoms with Crippen molar-refractivity contribution in [1.82, 2.24) is 25.5 Å². The van der Waals surface area contributed by atoms with Crippen molar-refractivity contribution in [2.45, 2.75) is 19.0 Å². The zero-order chi connectivity index (χ0) is 23.0. The molecule has 2 aromatic carbocycles. The second-order valence-electron chi connectivity index (χ2n) is 7.26. The van der Waals surface area contributed by atoms with E-state index < -0.39 is 47.2 Å². The Morgan fingerprint density at radius 2 is 1.66 bits per heavy atom. The molecule has 11 heteroatoms. The molecule has 0 spiro atoms. The van der Waals surface area contributed by atoms with E-state index in [1.807, 2.05) is 0 Å². The van der Waals surface area contributed by atoms with Gasteiger partial charge in [0.05, 0.1) is 5.39 Å². The van der Waals surface area contributed by atoms with Crippen molar-refractivity contribution >= 4 is 34.6 Å². The fraction of sp³-hybridized carbons (Fsp3) is 0.143. The maximum Gasteiger partial charge on any atom is 0.357 e. The highest BCUT2D eigenvalue weighted by atomic mass is 16.4. The molecule has 1 aliphatic rings. The van der Waals surface area contributed by atoms with Crippen molar-refractivity contribution in [3.05, 3.63) is 76.2 Å². The summed E-state index contributed by atoms with van der Waals surface area (Å²) in [6, 6.07) is 13.6. The average Bonchev–Trinajstić information content (AvgIpc) is 3.00. The summed E-state index contributed by atoms with van der Waals surface area (Å²) in [7, 11) is 0. The molecule has 0 saturated carbocycles. The quantitative estimate of drug-likeness (QED) is 0.496. The van der Waals surface area contributed by atoms with Gasteiger partial charge in [0.25, 0.3) is 17.4 Å². The van der Waals surface area contributed by atoms with Crippen molar-refractivity contribution in [2.75, 3.05) is 0 Å². The van der Waals surface area contributed by atoms with Gasteiger partial charge in [0.1, 0.15) is 12.1 Å². The lowest BCUT2D eigenvalue weighted by molar-refractivity contribution is -0.139. The summed E-state index contributed by atoms with van der Waals surface area (Å²) >= 11 is 0. The normalized spacial score (nSPS) is 18.0. The average molecular weight is 435 g/mol. The van der Waals surface area contributed by atoms with E-state index in [2.05, 4.69) is 15.8 Å². The Bertz CT molecular complexity index is 1340. The third-order valence-corrected chi connectivity index (χ3v) is 5.14. The highest BCUT2D eigenvalue weighted by Crippen LogP contribution is 2.27. The van der Waals surface area contributed by atoms with Crippen LogP contribution >= 0.6 is 0 Å². The molecule has 1 atom stereocenters. The smallest absolute Gasteiger partial charge is 0.357 e. The molecular formula is C21H17N5O6. The number of fused-ring (bicyclic) bond motifs is 1. The van der Waals surface area contributed by atoms with Crippen LogP contribution in [0.4, 0.5) is 4.79 Å². The second kappa shape index (κ2) is 7.61. The topological polar surface area (TPSA) is 151 Å². The van der Waals surface area contributed by atoms with E-state index in [4.69, 9.17) is 0 Å². The summed E-state index contributed by atoms with van der Waals surface area (Å²) in [5, 5.41) is 16.4. The molecule has 32 heavy (non-hydrogen) atoms. The zero-order valence-electron chi connectivity index (χ0n) is 16.7. The third-order valence-electron chi connectivity index (χ3n) is 5.14. The van der Waals surface area contributed by atoms with Gasteiger partial charge in [-0.05, 0) is 18.6 Å². The minimum Gasteiger partial charge on any atom is -0.476 e. The third kappa shape index (κ3) is 3.35. The number of carbonyl (C=O) groups excluding carboxylic acids is 3. The predicted octanol–water partition coefficient (Wildman–Crippen LogP) is 0.593. The number of amides is 4. The number of rotatable bonds is 5. The number of nitrogens with zero attached hydrogens (tertiary/aromatic N) is 3. The van der Waals surface area contributed by atoms with Crippen LogP contribution in [0.1, 0.15) is 23.0 Å². The summed E-state index contributed by atoms with van der Waals surface area (Å²) in [5.41, 5.74) is 0.204. The zero-order valence-corrected chi connectivity index (χ0v) is 16.7. The number of carbonyl (C=O) groups is 4. The van der Waals surface area contributed by atoms with E-state index in [0.29, 0.717) is 15.3 Å². The van der Waals surface area contributed by atoms with Crippen molar-refractivity contribution in [2.24, 2.45) is 0 Å². The van der Waals surface area contributed by atoms with Crippen molar-refractivity contribution < 1.29 is 24.3 Å². The van der Waals surface area contributed by atoms with Crippen LogP contribution < -0.4 is 16.3 Å². The number of nitrogens with one attached hydrogen (secondary N) is 2. The summed E-state index contributed by atoms with van der Waals surface area (Å²) in [5.74, 6) is -3.00. The summed E-state index contributed by atoms with van der Waals surface area (Å²) in [6.07, 6.45) is 0. The fourth-order valence-corrected chi connectivity index (χ4v) is 3.50. The molecule has 1 aromatic heterocycles. The maximum atomic E-state index is 12.9. The standard InChI is InChI=1S/C21H17N5O6/c1-21(12-7-3-2-4-8-12)19(31)26(20(32)22-21)23-15(27)11-25-17(28)14-10-6-5-9-13(14)16(24-25)18(29)30/h2-10H,11H2,1H3,(H,22,32)(H,23,27)(H,29,30). The molecule has 1 saturated heterocycles. The number of hydrazine groups is 1. The number of carboxylic acids is 1. The first-order valence-electron chi connectivity index (χ1n) is 9.47. The molecule has 1 fully saturated rings. The molecular weight excluding hydrogens is 418 g/mol. The van der Waals surface area contributed by atoms with Crippen LogP contribution in [0.15, 0.2) is 59.4 Å². The first-order chi connectivity index (χ1) is 15.2. The van der Waals surface area contributed by atoms with E-state index in [0.717, 1.165) is 0 Å². The molecule has 162 valence electrons. The monoisotopic (exact) mass is 435 g/mol. The number of benzene rings is 2. The fourth-order valence-electron chi connectivity index (χ4n) is 3.50. The van der Waals surface area contributed by atoms with E-state index in [-0.39, 0.29) is 10.8 Å². The van der Waals surface area contributed by atoms with E-state index in [1.54, 1.807) is 42.5 Å². The van der Waals surface area contributed by atoms with Crippen molar-refractivity contribution in [3.63, 3.8) is 0 Å². The Hall–Kier alpha value is -4.54. The van der Waals surface area contributed by atoms with E-state index in [9.17, 15) is 29.1 Å². The van der Waals surface area contributed by atoms with Crippen LogP contribution in [0.2, 0.25) is 0 Å². The van der Waals surface area contributed by atoms with Gasteiger partial charge in [0.15, 0.2) is 5.69 Å². The number of imide groups is 1. The molecule has 1 unspecified atom stereocenters. The van der Waals surface area contributed by atoms with Crippen LogP contribution in [-0.4, -0.2) is 43.7 Å². The molecule has 4 amide bonds. The van der Waals surface area contributed by atoms with Gasteiger partial charge in [-0.2, -0.15) is 10.1 Å². The molecule has 4 rings (SSSR count). The number of hydrogen-bond acceptors (Lipinski definition) is 6. The van der Waals surface area contributed by atoms with Gasteiger partial charge in [0, 0.05) is 5.39 Å². The molecule has 3 aromatic rings. The molecule has 2 heterocycles. The predicted molar refractivity (Wildman–Crippen MR) is 110 cm³/mol. The first-order valence-corrected chi connectivity index (χ1v) is 9.47. The molecule has 0 radical (unpaired) electrons. The molecule has 0 bridgehead atoms. The molecule has 0 aliphatic carbocycles. The van der Waals surface area contributed by atoms with Gasteiger partial charge >= 0.3 is 12.0 Å². The van der Waals surface area contributed by atoms with Crippen LogP contribution in [0.25, 0.3) is 10.8 Å². The Labute approximate surface area is 180 Å². The van der Waals surface area contributed by atoms with Gasteiger partial charge in [-0.25, -0.2) is 14.3 Å². The largest absolute Gasteiger partial charge is 0.476 e. The molecule has 11 nitrogen and oxygen atoms in total. The molecule has 3 N–H and O–H groups in total. The molecule has 1 aliphatic heterocycles. The van der Waals surface area contributed by atoms with Gasteiger partial charge in [-0.1, -0.05) is 48.5 Å². The minimum atomic E-state index is -1.39. The van der Waals surface area contributed by atoms with Gasteiger partial charge in [-0.3, -0.25) is 19.8 Å². The lowest BCUT2D eigenvalue weighted by atomic mass is 9.92. The number of aromatic nitrogens is 2. The minimum absolute atomic E-state index is 0.0688. The number of aromatic carboxylic acids is 1.